The molecule has 1 aromatic carbocycles. The van der Waals surface area contributed by atoms with Gasteiger partial charge in [0, 0.05) is 25.3 Å². The number of amides is 2. The molecule has 3 atom stereocenters. The van der Waals surface area contributed by atoms with Gasteiger partial charge in [-0.3, -0.25) is 4.90 Å². The minimum atomic E-state index is -0.506. The first-order valence-corrected chi connectivity index (χ1v) is 9.72. The summed E-state index contributed by atoms with van der Waals surface area (Å²) in [5.74, 6) is 0.817. The van der Waals surface area contributed by atoms with Gasteiger partial charge < -0.3 is 15.4 Å². The van der Waals surface area contributed by atoms with Crippen LogP contribution in [0.2, 0.25) is 0 Å². The molecule has 6 nitrogen and oxygen atoms in total. The van der Waals surface area contributed by atoms with Crippen molar-refractivity contribution in [1.29, 1.82) is 0 Å². The van der Waals surface area contributed by atoms with Gasteiger partial charge in [0.15, 0.2) is 0 Å². The van der Waals surface area contributed by atoms with Gasteiger partial charge in [0.1, 0.15) is 0 Å². The Balaban J connectivity index is 1.95. The van der Waals surface area contributed by atoms with Gasteiger partial charge in [-0.15, -0.1) is 0 Å². The Morgan fingerprint density at radius 3 is 2.48 bits per heavy atom. The minimum absolute atomic E-state index is 0.287. The molecule has 3 rings (SSSR count). The molecule has 0 radical (unpaired) electrons. The first kappa shape index (κ1) is 19.4. The van der Waals surface area contributed by atoms with Crippen LogP contribution in [0.15, 0.2) is 41.6 Å². The fourth-order valence-electron chi connectivity index (χ4n) is 4.23. The molecule has 0 spiro atoms. The van der Waals surface area contributed by atoms with Crippen LogP contribution in [0.5, 0.6) is 0 Å². The Kier molecular flexibility index (Phi) is 6.16. The molecule has 0 saturated carbocycles. The molecule has 0 aromatic heterocycles. The maximum absolute atomic E-state index is 12.8. The molecule has 2 N–H and O–H groups in total. The van der Waals surface area contributed by atoms with E-state index < -0.39 is 6.04 Å². The van der Waals surface area contributed by atoms with E-state index >= 15 is 0 Å². The van der Waals surface area contributed by atoms with Crippen molar-refractivity contribution in [2.45, 2.75) is 33.2 Å². The molecule has 0 aliphatic carbocycles. The van der Waals surface area contributed by atoms with Gasteiger partial charge >= 0.3 is 12.0 Å². The lowest BCUT2D eigenvalue weighted by atomic mass is 9.91. The number of carbonyl (C=O) groups excluding carboxylic acids is 2. The fraction of sp³-hybridized carbons (Fsp3) is 0.524. The third-order valence-corrected chi connectivity index (χ3v) is 5.11. The van der Waals surface area contributed by atoms with Crippen molar-refractivity contribution in [3.8, 4) is 0 Å². The van der Waals surface area contributed by atoms with Crippen LogP contribution >= 0.6 is 0 Å². The van der Waals surface area contributed by atoms with E-state index in [-0.39, 0.29) is 12.0 Å². The van der Waals surface area contributed by atoms with E-state index in [0.29, 0.717) is 36.3 Å². The van der Waals surface area contributed by atoms with Crippen molar-refractivity contribution in [2.24, 2.45) is 11.8 Å². The maximum Gasteiger partial charge on any atom is 0.338 e. The number of hydrogen-bond donors (Lipinski definition) is 2. The zero-order chi connectivity index (χ0) is 19.4. The van der Waals surface area contributed by atoms with E-state index in [0.717, 1.165) is 18.7 Å². The highest BCUT2D eigenvalue weighted by Gasteiger charge is 2.35. The SMILES string of the molecule is CCOC(=O)C1=C(CN2C[C@H](C)C[C@@H](C)C2)NC(=O)N[C@H]1c1ccccc1. The summed E-state index contributed by atoms with van der Waals surface area (Å²) in [5.41, 5.74) is 2.01. The van der Waals surface area contributed by atoms with Gasteiger partial charge in [-0.05, 0) is 30.7 Å². The summed E-state index contributed by atoms with van der Waals surface area (Å²) in [6, 6.07) is 8.76. The summed E-state index contributed by atoms with van der Waals surface area (Å²) in [7, 11) is 0. The number of nitrogens with one attached hydrogen (secondary N) is 2. The van der Waals surface area contributed by atoms with Crippen molar-refractivity contribution < 1.29 is 14.3 Å². The van der Waals surface area contributed by atoms with Crippen LogP contribution in [-0.4, -0.2) is 43.1 Å². The molecule has 0 unspecified atom stereocenters. The van der Waals surface area contributed by atoms with Gasteiger partial charge in [-0.1, -0.05) is 44.2 Å². The number of hydrogen-bond acceptors (Lipinski definition) is 4. The number of carbonyl (C=O) groups is 2. The van der Waals surface area contributed by atoms with E-state index in [2.05, 4.69) is 29.4 Å². The molecule has 2 aliphatic heterocycles. The number of nitrogens with zero attached hydrogens (tertiary/aromatic N) is 1. The highest BCUT2D eigenvalue weighted by molar-refractivity contribution is 5.95. The topological polar surface area (TPSA) is 70.7 Å². The summed E-state index contributed by atoms with van der Waals surface area (Å²) in [6.07, 6.45) is 1.21. The second-order valence-corrected chi connectivity index (χ2v) is 7.69. The number of likely N-dealkylation sites (tertiary alicyclic amines) is 1. The van der Waals surface area contributed by atoms with Crippen LogP contribution in [0.3, 0.4) is 0 Å². The molecule has 27 heavy (non-hydrogen) atoms. The number of esters is 1. The number of piperidine rings is 1. The highest BCUT2D eigenvalue weighted by Crippen LogP contribution is 2.29. The van der Waals surface area contributed by atoms with Gasteiger partial charge in [0.05, 0.1) is 18.2 Å². The number of benzene rings is 1. The van der Waals surface area contributed by atoms with Crippen LogP contribution in [-0.2, 0) is 9.53 Å². The quantitative estimate of drug-likeness (QED) is 0.781. The molecule has 2 aliphatic rings. The van der Waals surface area contributed by atoms with Crippen molar-refractivity contribution in [3.63, 3.8) is 0 Å². The Labute approximate surface area is 161 Å². The van der Waals surface area contributed by atoms with Gasteiger partial charge in [0.2, 0.25) is 0 Å². The lowest BCUT2D eigenvalue weighted by molar-refractivity contribution is -0.139. The van der Waals surface area contributed by atoms with Crippen molar-refractivity contribution in [1.82, 2.24) is 15.5 Å². The third kappa shape index (κ3) is 4.69. The molecular weight excluding hydrogens is 342 g/mol. The minimum Gasteiger partial charge on any atom is -0.463 e. The Bertz CT molecular complexity index is 707. The zero-order valence-electron chi connectivity index (χ0n) is 16.3. The average Bonchev–Trinajstić information content (AvgIpc) is 2.61. The van der Waals surface area contributed by atoms with Crippen LogP contribution in [0.4, 0.5) is 4.79 Å². The van der Waals surface area contributed by atoms with Crippen LogP contribution < -0.4 is 10.6 Å². The Morgan fingerprint density at radius 1 is 1.19 bits per heavy atom. The highest BCUT2D eigenvalue weighted by atomic mass is 16.5. The smallest absolute Gasteiger partial charge is 0.338 e. The lowest BCUT2D eigenvalue weighted by Gasteiger charge is -2.37. The predicted molar refractivity (Wildman–Crippen MR) is 104 cm³/mol. The summed E-state index contributed by atoms with van der Waals surface area (Å²) in [6.45, 7) is 9.04. The molecule has 1 saturated heterocycles. The molecule has 2 heterocycles. The van der Waals surface area contributed by atoms with Crippen molar-refractivity contribution in [3.05, 3.63) is 47.2 Å². The summed E-state index contributed by atoms with van der Waals surface area (Å²) in [4.78, 5) is 27.4. The normalized spacial score (nSPS) is 26.3. The predicted octanol–water partition coefficient (Wildman–Crippen LogP) is 2.84. The van der Waals surface area contributed by atoms with Gasteiger partial charge in [-0.2, -0.15) is 0 Å². The molecule has 146 valence electrons. The van der Waals surface area contributed by atoms with Crippen LogP contribution in [0.1, 0.15) is 38.8 Å². The van der Waals surface area contributed by atoms with Crippen molar-refractivity contribution >= 4 is 12.0 Å². The maximum atomic E-state index is 12.8. The van der Waals surface area contributed by atoms with Crippen LogP contribution in [0, 0.1) is 11.8 Å². The van der Waals surface area contributed by atoms with Crippen molar-refractivity contribution in [2.75, 3.05) is 26.2 Å². The zero-order valence-corrected chi connectivity index (χ0v) is 16.3. The standard InChI is InChI=1S/C21H29N3O3/c1-4-27-20(25)18-17(13-24-11-14(2)10-15(3)12-24)22-21(26)23-19(18)16-8-6-5-7-9-16/h5-9,14-15,19H,4,10-13H2,1-3H3,(H2,22,23,26)/t14-,15-,19+/m1/s1. The monoisotopic (exact) mass is 371 g/mol. The summed E-state index contributed by atoms with van der Waals surface area (Å²) in [5, 5.41) is 5.75. The van der Waals surface area contributed by atoms with E-state index in [1.165, 1.54) is 6.42 Å². The fourth-order valence-corrected chi connectivity index (χ4v) is 4.23. The first-order valence-electron chi connectivity index (χ1n) is 9.72. The second kappa shape index (κ2) is 8.57. The molecule has 6 heteroatoms. The van der Waals surface area contributed by atoms with Gasteiger partial charge in [-0.25, -0.2) is 9.59 Å². The molecule has 1 fully saturated rings. The third-order valence-electron chi connectivity index (χ3n) is 5.11. The second-order valence-electron chi connectivity index (χ2n) is 7.69. The largest absolute Gasteiger partial charge is 0.463 e. The number of rotatable bonds is 5. The van der Waals surface area contributed by atoms with Gasteiger partial charge in [0.25, 0.3) is 0 Å². The first-order chi connectivity index (χ1) is 13.0. The summed E-state index contributed by atoms with van der Waals surface area (Å²) < 4.78 is 5.32. The Hall–Kier alpha value is -2.34. The Morgan fingerprint density at radius 2 is 1.85 bits per heavy atom. The van der Waals surface area contributed by atoms with Crippen LogP contribution in [0.25, 0.3) is 0 Å². The number of urea groups is 1. The molecule has 1 aromatic rings. The lowest BCUT2D eigenvalue weighted by Crippen LogP contribution is -2.50. The van der Waals surface area contributed by atoms with E-state index in [1.54, 1.807) is 6.92 Å². The molecule has 2 amide bonds. The summed E-state index contributed by atoms with van der Waals surface area (Å²) >= 11 is 0. The van der Waals surface area contributed by atoms with E-state index in [9.17, 15) is 9.59 Å². The van der Waals surface area contributed by atoms with E-state index in [4.69, 9.17) is 4.74 Å². The average molecular weight is 371 g/mol. The van der Waals surface area contributed by atoms with E-state index in [1.807, 2.05) is 30.3 Å². The molecular formula is C21H29N3O3. The molecule has 0 bridgehead atoms. The number of ether oxygens (including phenoxy) is 1.